The highest BCUT2D eigenvalue weighted by Crippen LogP contribution is 2.21. The van der Waals surface area contributed by atoms with Crippen LogP contribution in [0.15, 0.2) is 12.4 Å². The normalized spacial score (nSPS) is 9.15. The lowest BCUT2D eigenvalue weighted by atomic mass is 10.2. The van der Waals surface area contributed by atoms with E-state index in [-0.39, 0.29) is 0 Å². The van der Waals surface area contributed by atoms with Crippen molar-refractivity contribution in [3.63, 3.8) is 0 Å². The van der Waals surface area contributed by atoms with Gasteiger partial charge in [-0.15, -0.1) is 0 Å². The average Bonchev–Trinajstić information content (AvgIpc) is 2.10. The Morgan fingerprint density at radius 3 is 2.46 bits per heavy atom. The molecule has 0 radical (unpaired) electrons. The second-order valence-corrected chi connectivity index (χ2v) is 3.13. The predicted molar refractivity (Wildman–Crippen MR) is 54.8 cm³/mol. The Morgan fingerprint density at radius 2 is 1.92 bits per heavy atom. The monoisotopic (exact) mass is 214 g/mol. The third-order valence-electron chi connectivity index (χ3n) is 1.34. The second-order valence-electron chi connectivity index (χ2n) is 2.32. The number of pyridine rings is 1. The lowest BCUT2D eigenvalue weighted by Gasteiger charge is -1.96. The van der Waals surface area contributed by atoms with Gasteiger partial charge in [0.05, 0.1) is 15.6 Å². The van der Waals surface area contributed by atoms with Crippen molar-refractivity contribution in [3.8, 4) is 11.8 Å². The van der Waals surface area contributed by atoms with Crippen LogP contribution in [0, 0.1) is 11.8 Å². The van der Waals surface area contributed by atoms with E-state index in [4.69, 9.17) is 28.9 Å². The molecule has 0 aliphatic heterocycles. The molecule has 1 aromatic rings. The van der Waals surface area contributed by atoms with Crippen LogP contribution in [0.1, 0.15) is 12.0 Å². The Kier molecular flexibility index (Phi) is 4.04. The topological polar surface area (TPSA) is 38.9 Å². The van der Waals surface area contributed by atoms with Crippen molar-refractivity contribution in [2.24, 2.45) is 5.73 Å². The Hall–Kier alpha value is -0.750. The summed E-state index contributed by atoms with van der Waals surface area (Å²) < 4.78 is 0. The van der Waals surface area contributed by atoms with Gasteiger partial charge >= 0.3 is 0 Å². The zero-order valence-electron chi connectivity index (χ0n) is 6.85. The van der Waals surface area contributed by atoms with Gasteiger partial charge in [-0.25, -0.2) is 0 Å². The number of halogens is 2. The fourth-order valence-corrected chi connectivity index (χ4v) is 1.21. The summed E-state index contributed by atoms with van der Waals surface area (Å²) in [6, 6.07) is 0. The molecule has 0 saturated heterocycles. The largest absolute Gasteiger partial charge is 0.330 e. The van der Waals surface area contributed by atoms with Gasteiger partial charge in [-0.2, -0.15) is 0 Å². The van der Waals surface area contributed by atoms with Crippen LogP contribution < -0.4 is 5.73 Å². The van der Waals surface area contributed by atoms with Gasteiger partial charge in [-0.1, -0.05) is 35.0 Å². The lowest BCUT2D eigenvalue weighted by Crippen LogP contribution is -1.95. The van der Waals surface area contributed by atoms with Crippen molar-refractivity contribution in [1.82, 2.24) is 4.98 Å². The molecule has 0 aliphatic carbocycles. The maximum atomic E-state index is 5.83. The first-order valence-corrected chi connectivity index (χ1v) is 4.49. The van der Waals surface area contributed by atoms with Gasteiger partial charge in [0, 0.05) is 25.4 Å². The average molecular weight is 215 g/mol. The third kappa shape index (κ3) is 2.89. The molecule has 4 heteroatoms. The summed E-state index contributed by atoms with van der Waals surface area (Å²) in [5.74, 6) is 5.71. The van der Waals surface area contributed by atoms with E-state index < -0.39 is 0 Å². The summed E-state index contributed by atoms with van der Waals surface area (Å²) in [5, 5.41) is 0.939. The van der Waals surface area contributed by atoms with Crippen LogP contribution in [0.2, 0.25) is 10.0 Å². The molecule has 1 rings (SSSR count). The van der Waals surface area contributed by atoms with E-state index in [2.05, 4.69) is 16.8 Å². The minimum absolute atomic E-state index is 0.469. The minimum atomic E-state index is 0.469. The van der Waals surface area contributed by atoms with Crippen LogP contribution in [0.25, 0.3) is 0 Å². The lowest BCUT2D eigenvalue weighted by molar-refractivity contribution is 1.03. The van der Waals surface area contributed by atoms with E-state index >= 15 is 0 Å². The summed E-state index contributed by atoms with van der Waals surface area (Å²) in [5.41, 5.74) is 5.91. The fraction of sp³-hybridized carbons (Fsp3) is 0.222. The van der Waals surface area contributed by atoms with Gasteiger partial charge < -0.3 is 5.73 Å². The Morgan fingerprint density at radius 1 is 1.31 bits per heavy atom. The summed E-state index contributed by atoms with van der Waals surface area (Å²) in [6.45, 7) is 0.535. The molecule has 0 aliphatic rings. The highest BCUT2D eigenvalue weighted by atomic mass is 35.5. The molecule has 0 fully saturated rings. The molecule has 0 amide bonds. The number of nitrogens with two attached hydrogens (primary N) is 1. The molecule has 2 N–H and O–H groups in total. The summed E-state index contributed by atoms with van der Waals surface area (Å²) in [7, 11) is 0. The highest BCUT2D eigenvalue weighted by molar-refractivity contribution is 6.36. The number of hydrogen-bond acceptors (Lipinski definition) is 2. The van der Waals surface area contributed by atoms with E-state index in [0.29, 0.717) is 28.6 Å². The van der Waals surface area contributed by atoms with Gasteiger partial charge in [-0.05, 0) is 0 Å². The van der Waals surface area contributed by atoms with Crippen molar-refractivity contribution in [2.45, 2.75) is 6.42 Å². The summed E-state index contributed by atoms with van der Waals surface area (Å²) in [6.07, 6.45) is 3.66. The molecular formula is C9H8Cl2N2. The van der Waals surface area contributed by atoms with Crippen LogP contribution in [0.5, 0.6) is 0 Å². The maximum absolute atomic E-state index is 5.83. The molecule has 1 aromatic heterocycles. The molecule has 0 saturated carbocycles. The number of hydrogen-bond donors (Lipinski definition) is 1. The van der Waals surface area contributed by atoms with E-state index in [1.165, 1.54) is 12.4 Å². The smallest absolute Gasteiger partial charge is 0.0760 e. The Balaban J connectivity index is 2.95. The zero-order chi connectivity index (χ0) is 9.68. The van der Waals surface area contributed by atoms with Crippen molar-refractivity contribution >= 4 is 23.2 Å². The standard InChI is InChI=1S/C9H8Cl2N2/c10-8-5-13-6-9(11)7(8)3-1-2-4-12/h5-6H,2,4,12H2. The fourth-order valence-electron chi connectivity index (χ4n) is 0.754. The molecule has 1 heterocycles. The highest BCUT2D eigenvalue weighted by Gasteiger charge is 2.01. The third-order valence-corrected chi connectivity index (χ3v) is 1.91. The molecule has 2 nitrogen and oxygen atoms in total. The molecule has 68 valence electrons. The van der Waals surface area contributed by atoms with Crippen molar-refractivity contribution in [2.75, 3.05) is 6.54 Å². The second kappa shape index (κ2) is 5.08. The summed E-state index contributed by atoms with van der Waals surface area (Å²) in [4.78, 5) is 3.82. The molecule has 0 spiro atoms. The van der Waals surface area contributed by atoms with Gasteiger partial charge in [-0.3, -0.25) is 4.98 Å². The first kappa shape index (κ1) is 10.3. The first-order valence-electron chi connectivity index (χ1n) is 3.73. The van der Waals surface area contributed by atoms with Crippen molar-refractivity contribution in [1.29, 1.82) is 0 Å². The number of aromatic nitrogens is 1. The van der Waals surface area contributed by atoms with E-state index in [1.807, 2.05) is 0 Å². The van der Waals surface area contributed by atoms with Gasteiger partial charge in [0.2, 0.25) is 0 Å². The van der Waals surface area contributed by atoms with Crippen LogP contribution in [-0.4, -0.2) is 11.5 Å². The quantitative estimate of drug-likeness (QED) is 0.728. The molecule has 0 atom stereocenters. The van der Waals surface area contributed by atoms with Crippen LogP contribution >= 0.6 is 23.2 Å². The van der Waals surface area contributed by atoms with Gasteiger partial charge in [0.25, 0.3) is 0 Å². The van der Waals surface area contributed by atoms with Crippen LogP contribution in [0.3, 0.4) is 0 Å². The minimum Gasteiger partial charge on any atom is -0.330 e. The van der Waals surface area contributed by atoms with Crippen molar-refractivity contribution < 1.29 is 0 Å². The van der Waals surface area contributed by atoms with Crippen LogP contribution in [-0.2, 0) is 0 Å². The molecule has 0 unspecified atom stereocenters. The molecule has 0 aromatic carbocycles. The van der Waals surface area contributed by atoms with E-state index in [9.17, 15) is 0 Å². The van der Waals surface area contributed by atoms with Crippen LogP contribution in [0.4, 0.5) is 0 Å². The Bertz CT molecular complexity index is 332. The first-order chi connectivity index (χ1) is 6.25. The van der Waals surface area contributed by atoms with E-state index in [0.717, 1.165) is 0 Å². The van der Waals surface area contributed by atoms with Gasteiger partial charge in [0.1, 0.15) is 0 Å². The Labute approximate surface area is 87.1 Å². The summed E-state index contributed by atoms with van der Waals surface area (Å²) >= 11 is 11.7. The number of nitrogens with zero attached hydrogens (tertiary/aromatic N) is 1. The zero-order valence-corrected chi connectivity index (χ0v) is 8.36. The number of rotatable bonds is 1. The maximum Gasteiger partial charge on any atom is 0.0760 e. The van der Waals surface area contributed by atoms with Gasteiger partial charge in [0.15, 0.2) is 0 Å². The predicted octanol–water partition coefficient (Wildman–Crippen LogP) is 2.09. The van der Waals surface area contributed by atoms with Crippen molar-refractivity contribution in [3.05, 3.63) is 28.0 Å². The van der Waals surface area contributed by atoms with E-state index in [1.54, 1.807) is 0 Å². The molecule has 13 heavy (non-hydrogen) atoms. The molecular weight excluding hydrogens is 207 g/mol. The SMILES string of the molecule is NCCC#Cc1c(Cl)cncc1Cl. The molecule has 0 bridgehead atoms.